The molecule has 2 atom stereocenters. The molecule has 1 aromatic heterocycles. The third kappa shape index (κ3) is 5.40. The molecule has 2 heterocycles. The van der Waals surface area contributed by atoms with Gasteiger partial charge in [-0.15, -0.1) is 0 Å². The second-order valence-corrected chi connectivity index (χ2v) is 9.43. The lowest BCUT2D eigenvalue weighted by Gasteiger charge is -2.39. The van der Waals surface area contributed by atoms with E-state index in [9.17, 15) is 9.90 Å². The van der Waals surface area contributed by atoms with E-state index in [1.54, 1.807) is 29.2 Å². The topological polar surface area (TPSA) is 62.7 Å². The maximum atomic E-state index is 12.9. The van der Waals surface area contributed by atoms with Crippen LogP contribution in [0.15, 0.2) is 43.5 Å². The van der Waals surface area contributed by atoms with Crippen LogP contribution in [0.1, 0.15) is 63.0 Å². The first-order valence-electron chi connectivity index (χ1n) is 10.9. The van der Waals surface area contributed by atoms with E-state index in [1.165, 1.54) is 0 Å². The van der Waals surface area contributed by atoms with Gasteiger partial charge in [0.25, 0.3) is 0 Å². The summed E-state index contributed by atoms with van der Waals surface area (Å²) >= 11 is 6.04. The number of benzene rings is 1. The number of aromatic nitrogens is 1. The van der Waals surface area contributed by atoms with E-state index in [0.29, 0.717) is 40.5 Å². The first kappa shape index (κ1) is 24.0. The van der Waals surface area contributed by atoms with E-state index in [1.807, 2.05) is 39.0 Å². The van der Waals surface area contributed by atoms with Crippen LogP contribution in [0.2, 0.25) is 5.02 Å². The number of rotatable bonds is 5. The second-order valence-electron chi connectivity index (χ2n) is 8.99. The lowest BCUT2D eigenvalue weighted by atomic mass is 9.89. The average Bonchev–Trinajstić information content (AvgIpc) is 2.77. The van der Waals surface area contributed by atoms with Gasteiger partial charge >= 0.3 is 6.09 Å². The molecular formula is C26H31ClN2O3. The van der Waals surface area contributed by atoms with Crippen molar-refractivity contribution < 1.29 is 14.6 Å². The number of hydrogen-bond acceptors (Lipinski definition) is 4. The van der Waals surface area contributed by atoms with Gasteiger partial charge in [-0.25, -0.2) is 9.78 Å². The highest BCUT2D eigenvalue weighted by atomic mass is 35.5. The van der Waals surface area contributed by atoms with Gasteiger partial charge in [0.1, 0.15) is 11.7 Å². The van der Waals surface area contributed by atoms with Gasteiger partial charge in [0.2, 0.25) is 0 Å². The number of nitrogens with zero attached hydrogens (tertiary/aromatic N) is 2. The highest BCUT2D eigenvalue weighted by molar-refractivity contribution is 6.30. The van der Waals surface area contributed by atoms with E-state index >= 15 is 0 Å². The zero-order chi connectivity index (χ0) is 23.5. The Balaban J connectivity index is 2.04. The fraction of sp³-hybridized carbons (Fsp3) is 0.385. The number of piperidine rings is 1. The van der Waals surface area contributed by atoms with E-state index in [0.717, 1.165) is 18.4 Å². The van der Waals surface area contributed by atoms with Gasteiger partial charge in [0.05, 0.1) is 17.4 Å². The Bertz CT molecular complexity index is 995. The number of aliphatic hydroxyl groups is 1. The molecule has 32 heavy (non-hydrogen) atoms. The Kier molecular flexibility index (Phi) is 7.42. The highest BCUT2D eigenvalue weighted by Crippen LogP contribution is 2.35. The molecule has 1 aromatic carbocycles. The van der Waals surface area contributed by atoms with E-state index in [4.69, 9.17) is 21.3 Å². The van der Waals surface area contributed by atoms with Gasteiger partial charge < -0.3 is 14.7 Å². The number of aliphatic hydroxyl groups excluding tert-OH is 1. The number of likely N-dealkylation sites (tertiary alicyclic amines) is 1. The van der Waals surface area contributed by atoms with Gasteiger partial charge in [0, 0.05) is 22.7 Å². The Morgan fingerprint density at radius 1 is 1.25 bits per heavy atom. The standard InChI is InChI=1S/C26H31ClN2O3/c1-6-19-20(16-22(28-21(19)7-2)17-11-13-18(27)14-12-17)24(30)23-10-8-9-15-29(23)25(31)32-26(3,4)5/h6-7,11-14,16,23-24,30H,1-2,8-10,15H2,3-5H3. The summed E-state index contributed by atoms with van der Waals surface area (Å²) in [5, 5.41) is 12.2. The number of amides is 1. The number of carbonyl (C=O) groups is 1. The molecule has 3 rings (SSSR count). The van der Waals surface area contributed by atoms with Crippen LogP contribution in [-0.4, -0.2) is 39.3 Å². The summed E-state index contributed by atoms with van der Waals surface area (Å²) in [5.41, 5.74) is 2.95. The molecule has 1 amide bonds. The smallest absolute Gasteiger partial charge is 0.410 e. The number of ether oxygens (including phenoxy) is 1. The molecule has 1 saturated heterocycles. The van der Waals surface area contributed by atoms with Crippen LogP contribution in [0.25, 0.3) is 23.4 Å². The minimum Gasteiger partial charge on any atom is -0.444 e. The largest absolute Gasteiger partial charge is 0.444 e. The lowest BCUT2D eigenvalue weighted by Crippen LogP contribution is -2.48. The Morgan fingerprint density at radius 2 is 1.94 bits per heavy atom. The van der Waals surface area contributed by atoms with Crippen molar-refractivity contribution >= 4 is 29.8 Å². The molecule has 2 aromatic rings. The Hall–Kier alpha value is -2.63. The molecule has 1 aliphatic rings. The van der Waals surface area contributed by atoms with Crippen LogP contribution in [0.3, 0.4) is 0 Å². The molecule has 1 aliphatic heterocycles. The van der Waals surface area contributed by atoms with Crippen molar-refractivity contribution in [1.82, 2.24) is 9.88 Å². The fourth-order valence-corrected chi connectivity index (χ4v) is 4.15. The zero-order valence-corrected chi connectivity index (χ0v) is 19.7. The molecule has 1 N–H and O–H groups in total. The molecule has 0 radical (unpaired) electrons. The van der Waals surface area contributed by atoms with Crippen LogP contribution < -0.4 is 0 Å². The van der Waals surface area contributed by atoms with Crippen molar-refractivity contribution in [3.8, 4) is 11.3 Å². The first-order valence-corrected chi connectivity index (χ1v) is 11.3. The van der Waals surface area contributed by atoms with Crippen LogP contribution in [0, 0.1) is 0 Å². The third-order valence-electron chi connectivity index (χ3n) is 5.52. The van der Waals surface area contributed by atoms with Crippen LogP contribution in [0.5, 0.6) is 0 Å². The van der Waals surface area contributed by atoms with Crippen LogP contribution in [0.4, 0.5) is 4.79 Å². The molecule has 5 nitrogen and oxygen atoms in total. The third-order valence-corrected chi connectivity index (χ3v) is 5.77. The van der Waals surface area contributed by atoms with Crippen LogP contribution in [-0.2, 0) is 4.74 Å². The summed E-state index contributed by atoms with van der Waals surface area (Å²) in [6, 6.07) is 8.82. The first-order chi connectivity index (χ1) is 15.1. The number of pyridine rings is 1. The predicted molar refractivity (Wildman–Crippen MR) is 130 cm³/mol. The molecule has 2 unspecified atom stereocenters. The minimum atomic E-state index is -0.927. The number of carbonyl (C=O) groups excluding carboxylic acids is 1. The molecule has 0 bridgehead atoms. The van der Waals surface area contributed by atoms with E-state index < -0.39 is 23.8 Å². The molecule has 0 spiro atoms. The average molecular weight is 455 g/mol. The summed E-state index contributed by atoms with van der Waals surface area (Å²) in [7, 11) is 0. The molecule has 170 valence electrons. The summed E-state index contributed by atoms with van der Waals surface area (Å²) in [6.07, 6.45) is 4.48. The zero-order valence-electron chi connectivity index (χ0n) is 19.0. The normalized spacial score (nSPS) is 17.5. The summed E-state index contributed by atoms with van der Waals surface area (Å²) < 4.78 is 5.61. The van der Waals surface area contributed by atoms with Crippen molar-refractivity contribution in [1.29, 1.82) is 0 Å². The van der Waals surface area contributed by atoms with Crippen molar-refractivity contribution in [2.45, 2.75) is 57.8 Å². The van der Waals surface area contributed by atoms with Gasteiger partial charge in [-0.2, -0.15) is 0 Å². The Morgan fingerprint density at radius 3 is 2.53 bits per heavy atom. The fourth-order valence-electron chi connectivity index (χ4n) is 4.03. The van der Waals surface area contributed by atoms with Crippen molar-refractivity contribution in [3.63, 3.8) is 0 Å². The lowest BCUT2D eigenvalue weighted by molar-refractivity contribution is -0.0169. The van der Waals surface area contributed by atoms with Crippen molar-refractivity contribution in [2.75, 3.05) is 6.54 Å². The molecular weight excluding hydrogens is 424 g/mol. The van der Waals surface area contributed by atoms with Crippen molar-refractivity contribution in [2.24, 2.45) is 0 Å². The number of hydrogen-bond donors (Lipinski definition) is 1. The SMILES string of the molecule is C=Cc1nc(-c2ccc(Cl)cc2)cc(C(O)C2CCCCN2C(=O)OC(C)(C)C)c1C=C. The summed E-state index contributed by atoms with van der Waals surface area (Å²) in [5.74, 6) is 0. The van der Waals surface area contributed by atoms with Crippen LogP contribution >= 0.6 is 11.6 Å². The minimum absolute atomic E-state index is 0.405. The van der Waals surface area contributed by atoms with E-state index in [2.05, 4.69) is 13.2 Å². The van der Waals surface area contributed by atoms with Gasteiger partial charge in [-0.3, -0.25) is 0 Å². The predicted octanol–water partition coefficient (Wildman–Crippen LogP) is 6.51. The summed E-state index contributed by atoms with van der Waals surface area (Å²) in [4.78, 5) is 19.2. The van der Waals surface area contributed by atoms with Gasteiger partial charge in [0.15, 0.2) is 0 Å². The van der Waals surface area contributed by atoms with Gasteiger partial charge in [-0.1, -0.05) is 43.0 Å². The van der Waals surface area contributed by atoms with Gasteiger partial charge in [-0.05, 0) is 69.9 Å². The monoisotopic (exact) mass is 454 g/mol. The maximum absolute atomic E-state index is 12.9. The summed E-state index contributed by atoms with van der Waals surface area (Å²) in [6.45, 7) is 13.9. The second kappa shape index (κ2) is 9.88. The highest BCUT2D eigenvalue weighted by Gasteiger charge is 2.36. The van der Waals surface area contributed by atoms with Crippen molar-refractivity contribution in [3.05, 3.63) is 65.3 Å². The quantitative estimate of drug-likeness (QED) is 0.559. The molecule has 0 saturated carbocycles. The maximum Gasteiger partial charge on any atom is 0.410 e. The Labute approximate surface area is 195 Å². The number of halogens is 1. The molecule has 1 fully saturated rings. The van der Waals surface area contributed by atoms with E-state index in [-0.39, 0.29) is 0 Å². The molecule has 0 aliphatic carbocycles. The molecule has 6 heteroatoms.